The Morgan fingerprint density at radius 2 is 1.86 bits per heavy atom. The van der Waals surface area contributed by atoms with Gasteiger partial charge in [0.2, 0.25) is 11.8 Å². The second kappa shape index (κ2) is 11.7. The number of carbonyl (C=O) groups is 2. The lowest BCUT2D eigenvalue weighted by Crippen LogP contribution is -2.48. The van der Waals surface area contributed by atoms with Crippen LogP contribution < -0.4 is 15.5 Å². The van der Waals surface area contributed by atoms with E-state index in [1.807, 2.05) is 48.5 Å². The molecule has 1 unspecified atom stereocenters. The Labute approximate surface area is 216 Å². The van der Waals surface area contributed by atoms with Crippen molar-refractivity contribution < 1.29 is 9.59 Å². The Morgan fingerprint density at radius 1 is 1.08 bits per heavy atom. The third kappa shape index (κ3) is 6.51. The second-order valence-electron chi connectivity index (χ2n) is 9.42. The second-order valence-corrected chi connectivity index (χ2v) is 9.42. The van der Waals surface area contributed by atoms with E-state index < -0.39 is 5.92 Å². The zero-order valence-electron chi connectivity index (χ0n) is 21.4. The van der Waals surface area contributed by atoms with E-state index in [4.69, 9.17) is 5.26 Å². The Bertz CT molecular complexity index is 1260. The van der Waals surface area contributed by atoms with Gasteiger partial charge in [0.25, 0.3) is 0 Å². The predicted molar refractivity (Wildman–Crippen MR) is 141 cm³/mol. The van der Waals surface area contributed by atoms with Crippen LogP contribution in [-0.4, -0.2) is 71.3 Å². The topological polar surface area (TPSA) is 119 Å². The van der Waals surface area contributed by atoms with Crippen LogP contribution in [0.1, 0.15) is 35.4 Å². The standard InChI is InChI=1S/C27H32N8O2/c1-19(21-6-4-20(12-28)5-7-21)13-29-16-24(22-14-31-34(3)17-22)27(37)32-25-9-8-23(15-30-25)35-11-10-33(2)26(36)18-35/h4-9,14-15,17,19,24,29H,10-11,13,16,18H2,1-3H3,(H,30,32,37)/t19-,24?/m1/s1. The van der Waals surface area contributed by atoms with Gasteiger partial charge in [-0.2, -0.15) is 10.4 Å². The predicted octanol–water partition coefficient (Wildman–Crippen LogP) is 2.08. The molecule has 3 aromatic rings. The van der Waals surface area contributed by atoms with Gasteiger partial charge in [-0.25, -0.2) is 4.98 Å². The maximum absolute atomic E-state index is 13.3. The van der Waals surface area contributed by atoms with Crippen LogP contribution in [0.15, 0.2) is 55.0 Å². The molecule has 0 saturated carbocycles. The smallest absolute Gasteiger partial charge is 0.241 e. The maximum atomic E-state index is 13.3. The zero-order valence-corrected chi connectivity index (χ0v) is 21.4. The van der Waals surface area contributed by atoms with Gasteiger partial charge >= 0.3 is 0 Å². The Balaban J connectivity index is 1.38. The number of nitrogens with one attached hydrogen (secondary N) is 2. The molecule has 0 bridgehead atoms. The van der Waals surface area contributed by atoms with Gasteiger partial charge in [0.1, 0.15) is 5.82 Å². The first-order valence-electron chi connectivity index (χ1n) is 12.3. The summed E-state index contributed by atoms with van der Waals surface area (Å²) >= 11 is 0. The number of rotatable bonds is 9. The lowest BCUT2D eigenvalue weighted by atomic mass is 9.98. The molecule has 1 saturated heterocycles. The van der Waals surface area contributed by atoms with Crippen LogP contribution in [0.2, 0.25) is 0 Å². The zero-order chi connectivity index (χ0) is 26.4. The number of hydrogen-bond donors (Lipinski definition) is 2. The summed E-state index contributed by atoms with van der Waals surface area (Å²) in [7, 11) is 3.63. The molecule has 1 fully saturated rings. The van der Waals surface area contributed by atoms with Crippen LogP contribution >= 0.6 is 0 Å². The Morgan fingerprint density at radius 3 is 2.49 bits per heavy atom. The third-order valence-corrected chi connectivity index (χ3v) is 6.67. The molecule has 3 heterocycles. The summed E-state index contributed by atoms with van der Waals surface area (Å²) in [4.78, 5) is 33.4. The monoisotopic (exact) mass is 500 g/mol. The van der Waals surface area contributed by atoms with E-state index in [9.17, 15) is 9.59 Å². The Kier molecular flexibility index (Phi) is 8.15. The number of carbonyl (C=O) groups excluding carboxylic acids is 2. The van der Waals surface area contributed by atoms with E-state index in [-0.39, 0.29) is 17.7 Å². The number of likely N-dealkylation sites (N-methyl/N-ethyl adjacent to an activating group) is 1. The van der Waals surface area contributed by atoms with Gasteiger partial charge in [-0.1, -0.05) is 19.1 Å². The average molecular weight is 501 g/mol. The summed E-state index contributed by atoms with van der Waals surface area (Å²) in [5.74, 6) is 0.0964. The van der Waals surface area contributed by atoms with Crippen LogP contribution in [0.4, 0.5) is 11.5 Å². The molecule has 1 aliphatic heterocycles. The van der Waals surface area contributed by atoms with Gasteiger partial charge in [-0.05, 0) is 35.7 Å². The van der Waals surface area contributed by atoms with Crippen molar-refractivity contribution in [2.75, 3.05) is 50.0 Å². The molecule has 0 aliphatic carbocycles. The molecule has 1 aromatic carbocycles. The Hall–Kier alpha value is -4.23. The normalized spacial score (nSPS) is 15.2. The van der Waals surface area contributed by atoms with Crippen molar-refractivity contribution in [3.05, 3.63) is 71.7 Å². The summed E-state index contributed by atoms with van der Waals surface area (Å²) in [5.41, 5.74) is 3.42. The largest absolute Gasteiger partial charge is 0.359 e. The fourth-order valence-electron chi connectivity index (χ4n) is 4.27. The number of pyridine rings is 1. The van der Waals surface area contributed by atoms with Gasteiger partial charge in [-0.3, -0.25) is 14.3 Å². The van der Waals surface area contributed by atoms with E-state index >= 15 is 0 Å². The quantitative estimate of drug-likeness (QED) is 0.462. The minimum atomic E-state index is -0.460. The minimum absolute atomic E-state index is 0.0731. The SMILES string of the molecule is C[C@H](CNCC(C(=O)Nc1ccc(N2CCN(C)C(=O)C2)cn1)c1cnn(C)c1)c1ccc(C#N)cc1. The molecule has 1 aliphatic rings. The van der Waals surface area contributed by atoms with E-state index in [2.05, 4.69) is 33.7 Å². The molecule has 2 atom stereocenters. The van der Waals surface area contributed by atoms with Crippen molar-refractivity contribution in [2.24, 2.45) is 7.05 Å². The number of aromatic nitrogens is 3. The summed E-state index contributed by atoms with van der Waals surface area (Å²) in [6.07, 6.45) is 5.23. The number of anilines is 2. The van der Waals surface area contributed by atoms with Gasteiger partial charge in [0, 0.05) is 52.0 Å². The van der Waals surface area contributed by atoms with Crippen molar-refractivity contribution in [3.8, 4) is 6.07 Å². The molecule has 10 heteroatoms. The number of benzene rings is 1. The number of nitrogens with zero attached hydrogens (tertiary/aromatic N) is 6. The molecule has 10 nitrogen and oxygen atoms in total. The highest BCUT2D eigenvalue weighted by Gasteiger charge is 2.24. The molecular weight excluding hydrogens is 468 g/mol. The van der Waals surface area contributed by atoms with Crippen LogP contribution in [-0.2, 0) is 16.6 Å². The summed E-state index contributed by atoms with van der Waals surface area (Å²) in [6.45, 7) is 4.94. The maximum Gasteiger partial charge on any atom is 0.241 e. The van der Waals surface area contributed by atoms with Crippen molar-refractivity contribution in [1.82, 2.24) is 25.0 Å². The highest BCUT2D eigenvalue weighted by Crippen LogP contribution is 2.21. The lowest BCUT2D eigenvalue weighted by molar-refractivity contribution is -0.129. The van der Waals surface area contributed by atoms with E-state index in [0.29, 0.717) is 37.6 Å². The molecule has 0 radical (unpaired) electrons. The number of aryl methyl sites for hydroxylation is 1. The molecule has 2 amide bonds. The molecule has 4 rings (SSSR count). The van der Waals surface area contributed by atoms with E-state index in [1.54, 1.807) is 35.1 Å². The van der Waals surface area contributed by atoms with E-state index in [1.165, 1.54) is 0 Å². The van der Waals surface area contributed by atoms with Crippen LogP contribution in [0.25, 0.3) is 0 Å². The average Bonchev–Trinajstić information content (AvgIpc) is 3.34. The summed E-state index contributed by atoms with van der Waals surface area (Å²) in [5, 5.41) is 19.6. The van der Waals surface area contributed by atoms with Crippen LogP contribution in [0.5, 0.6) is 0 Å². The van der Waals surface area contributed by atoms with E-state index in [0.717, 1.165) is 23.4 Å². The van der Waals surface area contributed by atoms with Gasteiger partial charge < -0.3 is 20.4 Å². The minimum Gasteiger partial charge on any atom is -0.359 e. The molecule has 0 spiro atoms. The molecular formula is C27H32N8O2. The highest BCUT2D eigenvalue weighted by atomic mass is 16.2. The molecule has 37 heavy (non-hydrogen) atoms. The van der Waals surface area contributed by atoms with Crippen molar-refractivity contribution in [1.29, 1.82) is 5.26 Å². The number of amides is 2. The molecule has 2 N–H and O–H groups in total. The fraction of sp³-hybridized carbons (Fsp3) is 0.370. The van der Waals surface area contributed by atoms with Crippen molar-refractivity contribution in [3.63, 3.8) is 0 Å². The van der Waals surface area contributed by atoms with Crippen molar-refractivity contribution >= 4 is 23.3 Å². The van der Waals surface area contributed by atoms with Crippen LogP contribution in [0, 0.1) is 11.3 Å². The summed E-state index contributed by atoms with van der Waals surface area (Å²) in [6, 6.07) is 13.3. The molecule has 2 aromatic heterocycles. The number of nitriles is 1. The van der Waals surface area contributed by atoms with Gasteiger partial charge in [0.05, 0.1) is 42.2 Å². The first kappa shape index (κ1) is 25.9. The summed E-state index contributed by atoms with van der Waals surface area (Å²) < 4.78 is 1.68. The third-order valence-electron chi connectivity index (χ3n) is 6.67. The first-order chi connectivity index (χ1) is 17.8. The van der Waals surface area contributed by atoms with Crippen LogP contribution in [0.3, 0.4) is 0 Å². The first-order valence-corrected chi connectivity index (χ1v) is 12.3. The fourth-order valence-corrected chi connectivity index (χ4v) is 4.27. The lowest BCUT2D eigenvalue weighted by Gasteiger charge is -2.33. The van der Waals surface area contributed by atoms with Crippen molar-refractivity contribution in [2.45, 2.75) is 18.8 Å². The number of piperazine rings is 1. The molecule has 192 valence electrons. The number of hydrogen-bond acceptors (Lipinski definition) is 7. The highest BCUT2D eigenvalue weighted by molar-refractivity contribution is 5.95. The van der Waals surface area contributed by atoms with Gasteiger partial charge in [0.15, 0.2) is 0 Å². The van der Waals surface area contributed by atoms with Gasteiger partial charge in [-0.15, -0.1) is 0 Å².